The van der Waals surface area contributed by atoms with E-state index in [9.17, 15) is 24.9 Å². The Hall–Kier alpha value is -1.06. The zero-order valence-electron chi connectivity index (χ0n) is 9.47. The molecule has 2 amide bonds. The summed E-state index contributed by atoms with van der Waals surface area (Å²) >= 11 is 0. The minimum absolute atomic E-state index is 0.00823. The number of carbonyl (C=O) groups excluding carboxylic acids is 2. The summed E-state index contributed by atoms with van der Waals surface area (Å²) in [5.74, 6) is -1.05. The van der Waals surface area contributed by atoms with Crippen LogP contribution in [0.1, 0.15) is 12.8 Å². The van der Waals surface area contributed by atoms with E-state index in [1.54, 1.807) is 0 Å². The van der Waals surface area contributed by atoms with Crippen molar-refractivity contribution in [3.63, 3.8) is 0 Å². The molecule has 4 N–H and O–H groups in total. The molecule has 2 saturated heterocycles. The van der Waals surface area contributed by atoms with Crippen molar-refractivity contribution in [2.45, 2.75) is 43.5 Å². The monoisotopic (exact) mass is 261 g/mol. The fraction of sp³-hybridized carbons (Fsp3) is 0.800. The van der Waals surface area contributed by atoms with Crippen LogP contribution in [0.2, 0.25) is 0 Å². The number of likely N-dealkylation sites (tertiary alicyclic amines) is 1. The highest BCUT2D eigenvalue weighted by atomic mass is 16.6. The molecule has 2 aliphatic heterocycles. The first kappa shape index (κ1) is 13.4. The lowest BCUT2D eigenvalue weighted by molar-refractivity contribution is -0.267. The van der Waals surface area contributed by atoms with E-state index in [1.807, 2.05) is 0 Å². The second-order valence-corrected chi connectivity index (χ2v) is 4.38. The normalized spacial score (nSPS) is 41.6. The third-order valence-electron chi connectivity index (χ3n) is 3.26. The predicted molar refractivity (Wildman–Crippen MR) is 54.9 cm³/mol. The predicted octanol–water partition coefficient (Wildman–Crippen LogP) is -3.06. The Morgan fingerprint density at radius 2 is 1.67 bits per heavy atom. The maximum Gasteiger partial charge on any atom is 0.230 e. The molecule has 102 valence electrons. The lowest BCUT2D eigenvalue weighted by Gasteiger charge is -2.43. The highest BCUT2D eigenvalue weighted by Gasteiger charge is 2.50. The van der Waals surface area contributed by atoms with Gasteiger partial charge in [0.25, 0.3) is 0 Å². The van der Waals surface area contributed by atoms with Crippen LogP contribution in [0.3, 0.4) is 0 Å². The molecule has 0 radical (unpaired) electrons. The molecule has 2 aliphatic rings. The Morgan fingerprint density at radius 1 is 1.11 bits per heavy atom. The Morgan fingerprint density at radius 3 is 2.17 bits per heavy atom. The van der Waals surface area contributed by atoms with Crippen LogP contribution in [0.15, 0.2) is 0 Å². The SMILES string of the molecule is O=C1CCC(=O)N1[C@H]1C(O)O[C@H](CO)[C@@H](O)[C@@H]1O. The van der Waals surface area contributed by atoms with Crippen molar-refractivity contribution in [3.05, 3.63) is 0 Å². The first-order chi connectivity index (χ1) is 8.47. The summed E-state index contributed by atoms with van der Waals surface area (Å²) in [5, 5.41) is 38.1. The number of aliphatic hydroxyl groups is 4. The van der Waals surface area contributed by atoms with Crippen molar-refractivity contribution < 1.29 is 34.8 Å². The number of hydrogen-bond acceptors (Lipinski definition) is 7. The zero-order chi connectivity index (χ0) is 13.4. The van der Waals surface area contributed by atoms with Crippen molar-refractivity contribution in [1.29, 1.82) is 0 Å². The van der Waals surface area contributed by atoms with Crippen LogP contribution in [0.4, 0.5) is 0 Å². The van der Waals surface area contributed by atoms with Crippen LogP contribution >= 0.6 is 0 Å². The molecule has 2 heterocycles. The molecular formula is C10H15NO7. The third-order valence-corrected chi connectivity index (χ3v) is 3.26. The van der Waals surface area contributed by atoms with Crippen molar-refractivity contribution in [2.75, 3.05) is 6.61 Å². The third kappa shape index (κ3) is 2.02. The Kier molecular flexibility index (Phi) is 3.64. The van der Waals surface area contributed by atoms with Gasteiger partial charge in [-0.15, -0.1) is 0 Å². The van der Waals surface area contributed by atoms with Gasteiger partial charge in [-0.2, -0.15) is 0 Å². The molecular weight excluding hydrogens is 246 g/mol. The number of amides is 2. The molecule has 2 fully saturated rings. The topological polar surface area (TPSA) is 128 Å². The minimum atomic E-state index is -1.63. The molecule has 1 unspecified atom stereocenters. The summed E-state index contributed by atoms with van der Waals surface area (Å²) in [6.07, 6.45) is -5.81. The van der Waals surface area contributed by atoms with Gasteiger partial charge in [-0.25, -0.2) is 0 Å². The summed E-state index contributed by atoms with van der Waals surface area (Å²) < 4.78 is 4.89. The van der Waals surface area contributed by atoms with Crippen molar-refractivity contribution in [1.82, 2.24) is 4.90 Å². The summed E-state index contributed by atoms with van der Waals surface area (Å²) in [6.45, 7) is -0.593. The van der Waals surface area contributed by atoms with Crippen LogP contribution in [-0.2, 0) is 14.3 Å². The lowest BCUT2D eigenvalue weighted by atomic mass is 9.96. The molecule has 0 aromatic rings. The molecule has 0 aliphatic carbocycles. The van der Waals surface area contributed by atoms with E-state index in [-0.39, 0.29) is 12.8 Å². The van der Waals surface area contributed by atoms with Gasteiger partial charge in [-0.1, -0.05) is 0 Å². The molecule has 0 spiro atoms. The molecule has 0 aromatic heterocycles. The molecule has 18 heavy (non-hydrogen) atoms. The smallest absolute Gasteiger partial charge is 0.230 e. The van der Waals surface area contributed by atoms with E-state index in [1.165, 1.54) is 0 Å². The van der Waals surface area contributed by atoms with Crippen LogP contribution in [0, 0.1) is 0 Å². The summed E-state index contributed by atoms with van der Waals surface area (Å²) in [6, 6.07) is -1.34. The molecule has 8 nitrogen and oxygen atoms in total. The first-order valence-corrected chi connectivity index (χ1v) is 5.62. The van der Waals surface area contributed by atoms with E-state index >= 15 is 0 Å². The molecule has 0 aromatic carbocycles. The van der Waals surface area contributed by atoms with Crippen LogP contribution < -0.4 is 0 Å². The van der Waals surface area contributed by atoms with Gasteiger partial charge in [0.2, 0.25) is 11.8 Å². The van der Waals surface area contributed by atoms with Gasteiger partial charge in [-0.3, -0.25) is 14.5 Å². The number of imide groups is 1. The van der Waals surface area contributed by atoms with E-state index in [4.69, 9.17) is 9.84 Å². The van der Waals surface area contributed by atoms with E-state index in [2.05, 4.69) is 0 Å². The molecule has 8 heteroatoms. The van der Waals surface area contributed by atoms with Gasteiger partial charge in [0, 0.05) is 12.8 Å². The lowest BCUT2D eigenvalue weighted by Crippen LogP contribution is -2.65. The van der Waals surface area contributed by atoms with E-state index in [0.717, 1.165) is 4.90 Å². The molecule has 0 saturated carbocycles. The highest BCUT2D eigenvalue weighted by Crippen LogP contribution is 2.27. The van der Waals surface area contributed by atoms with Gasteiger partial charge >= 0.3 is 0 Å². The quantitative estimate of drug-likeness (QED) is 0.388. The van der Waals surface area contributed by atoms with E-state index in [0.29, 0.717) is 0 Å². The fourth-order valence-corrected chi connectivity index (χ4v) is 2.29. The maximum atomic E-state index is 11.5. The largest absolute Gasteiger partial charge is 0.394 e. The summed E-state index contributed by atoms with van der Waals surface area (Å²) in [7, 11) is 0. The van der Waals surface area contributed by atoms with Crippen molar-refractivity contribution >= 4 is 11.8 Å². The minimum Gasteiger partial charge on any atom is -0.394 e. The van der Waals surface area contributed by atoms with Crippen molar-refractivity contribution in [2.24, 2.45) is 0 Å². The Balaban J connectivity index is 2.22. The van der Waals surface area contributed by atoms with Gasteiger partial charge < -0.3 is 25.2 Å². The number of aliphatic hydroxyl groups excluding tert-OH is 4. The van der Waals surface area contributed by atoms with Gasteiger partial charge in [0.05, 0.1) is 6.61 Å². The number of nitrogens with zero attached hydrogens (tertiary/aromatic N) is 1. The molecule has 2 rings (SSSR count). The number of ether oxygens (including phenoxy) is 1. The fourth-order valence-electron chi connectivity index (χ4n) is 2.29. The standard InChI is InChI=1S/C10H15NO7/c12-3-4-8(15)9(16)7(10(17)18-4)11-5(13)1-2-6(11)14/h4,7-10,12,15-17H,1-3H2/t4-,7-,8-,9-,10?/m1/s1. The summed E-state index contributed by atoms with van der Waals surface area (Å²) in [5.41, 5.74) is 0. The maximum absolute atomic E-state index is 11.5. The Bertz CT molecular complexity index is 344. The average Bonchev–Trinajstić information content (AvgIpc) is 2.65. The molecule has 5 atom stereocenters. The average molecular weight is 261 g/mol. The molecule has 0 bridgehead atoms. The number of hydrogen-bond donors (Lipinski definition) is 4. The first-order valence-electron chi connectivity index (χ1n) is 5.62. The second-order valence-electron chi connectivity index (χ2n) is 4.38. The van der Waals surface area contributed by atoms with Crippen molar-refractivity contribution in [3.8, 4) is 0 Å². The van der Waals surface area contributed by atoms with Crippen LogP contribution in [0.5, 0.6) is 0 Å². The second kappa shape index (κ2) is 4.90. The summed E-state index contributed by atoms with van der Waals surface area (Å²) in [4.78, 5) is 23.8. The Labute approximate surface area is 102 Å². The number of carbonyl (C=O) groups is 2. The van der Waals surface area contributed by atoms with Gasteiger partial charge in [0.15, 0.2) is 6.29 Å². The highest BCUT2D eigenvalue weighted by molar-refractivity contribution is 6.02. The van der Waals surface area contributed by atoms with Crippen LogP contribution in [0.25, 0.3) is 0 Å². The van der Waals surface area contributed by atoms with Gasteiger partial charge in [0.1, 0.15) is 24.4 Å². The van der Waals surface area contributed by atoms with Gasteiger partial charge in [-0.05, 0) is 0 Å². The zero-order valence-corrected chi connectivity index (χ0v) is 9.47. The van der Waals surface area contributed by atoms with E-state index < -0.39 is 49.1 Å². The van der Waals surface area contributed by atoms with Crippen LogP contribution in [-0.4, -0.2) is 74.4 Å². The number of rotatable bonds is 2.